The molecule has 2 aromatic rings. The van der Waals surface area contributed by atoms with Crippen molar-refractivity contribution in [2.75, 3.05) is 44.7 Å². The lowest BCUT2D eigenvalue weighted by Gasteiger charge is -2.26. The molecular weight excluding hydrogens is 388 g/mol. The molecule has 0 aliphatic carbocycles. The summed E-state index contributed by atoms with van der Waals surface area (Å²) >= 11 is 0. The highest BCUT2D eigenvalue weighted by Gasteiger charge is 2.25. The van der Waals surface area contributed by atoms with Gasteiger partial charge >= 0.3 is 0 Å². The largest absolute Gasteiger partial charge is 0.468 e. The van der Waals surface area contributed by atoms with Crippen LogP contribution >= 0.6 is 0 Å². The molecule has 0 saturated carbocycles. The first kappa shape index (κ1) is 21.7. The van der Waals surface area contributed by atoms with Gasteiger partial charge in [0.1, 0.15) is 11.6 Å². The molecule has 0 amide bonds. The molecule has 7 heteroatoms. The number of hydrogen-bond donors (Lipinski definition) is 2. The molecule has 168 valence electrons. The van der Waals surface area contributed by atoms with Crippen LogP contribution in [0.3, 0.4) is 0 Å². The van der Waals surface area contributed by atoms with Gasteiger partial charge in [0.2, 0.25) is 0 Å². The summed E-state index contributed by atoms with van der Waals surface area (Å²) in [7, 11) is 1.82. The summed E-state index contributed by atoms with van der Waals surface area (Å²) < 4.78 is 5.73. The third kappa shape index (κ3) is 6.00. The maximum Gasteiger partial charge on any atom is 0.191 e. The molecule has 2 aliphatic rings. The minimum Gasteiger partial charge on any atom is -0.468 e. The van der Waals surface area contributed by atoms with E-state index in [1.165, 1.54) is 44.1 Å². The summed E-state index contributed by atoms with van der Waals surface area (Å²) in [5.41, 5.74) is 1.22. The number of anilines is 1. The molecule has 31 heavy (non-hydrogen) atoms. The van der Waals surface area contributed by atoms with Gasteiger partial charge in [0.15, 0.2) is 5.96 Å². The third-order valence-corrected chi connectivity index (χ3v) is 6.34. The van der Waals surface area contributed by atoms with Crippen LogP contribution in [0.25, 0.3) is 0 Å². The number of likely N-dealkylation sites (tertiary alicyclic amines) is 1. The fourth-order valence-corrected chi connectivity index (χ4v) is 4.59. The van der Waals surface area contributed by atoms with Crippen molar-refractivity contribution < 1.29 is 4.42 Å². The number of guanidine groups is 1. The van der Waals surface area contributed by atoms with Crippen LogP contribution in [0.1, 0.15) is 55.9 Å². The van der Waals surface area contributed by atoms with Crippen molar-refractivity contribution in [2.45, 2.75) is 51.1 Å². The van der Waals surface area contributed by atoms with Gasteiger partial charge < -0.3 is 20.0 Å². The summed E-state index contributed by atoms with van der Waals surface area (Å²) in [6.07, 6.45) is 11.4. The molecular formula is C24H36N6O. The molecule has 0 aromatic carbocycles. The molecule has 2 fully saturated rings. The molecule has 2 saturated heterocycles. The summed E-state index contributed by atoms with van der Waals surface area (Å²) in [4.78, 5) is 14.0. The Kier molecular flexibility index (Phi) is 7.82. The van der Waals surface area contributed by atoms with Gasteiger partial charge in [0.05, 0.1) is 12.3 Å². The predicted molar refractivity (Wildman–Crippen MR) is 125 cm³/mol. The summed E-state index contributed by atoms with van der Waals surface area (Å²) in [5, 5.41) is 6.97. The molecule has 7 nitrogen and oxygen atoms in total. The first-order chi connectivity index (χ1) is 15.3. The van der Waals surface area contributed by atoms with E-state index in [1.54, 1.807) is 6.26 Å². The van der Waals surface area contributed by atoms with Gasteiger partial charge in [-0.3, -0.25) is 9.89 Å². The van der Waals surface area contributed by atoms with E-state index in [-0.39, 0.29) is 6.04 Å². The van der Waals surface area contributed by atoms with E-state index in [0.717, 1.165) is 56.8 Å². The number of nitrogens with zero attached hydrogens (tertiary/aromatic N) is 4. The van der Waals surface area contributed by atoms with Crippen LogP contribution in [0.4, 0.5) is 5.82 Å². The van der Waals surface area contributed by atoms with E-state index in [1.807, 2.05) is 19.3 Å². The highest BCUT2D eigenvalue weighted by Crippen LogP contribution is 2.25. The second kappa shape index (κ2) is 11.2. The molecule has 0 spiro atoms. The van der Waals surface area contributed by atoms with Crippen molar-refractivity contribution in [2.24, 2.45) is 4.99 Å². The smallest absolute Gasteiger partial charge is 0.191 e. The van der Waals surface area contributed by atoms with Gasteiger partial charge in [-0.15, -0.1) is 0 Å². The molecule has 4 heterocycles. The minimum atomic E-state index is 0.228. The molecule has 0 bridgehead atoms. The SMILES string of the molecule is CN=C(NCc1ccnc(N2CCCCCC2)c1)NCC(c1ccco1)N1CCCC1. The van der Waals surface area contributed by atoms with Gasteiger partial charge in [0, 0.05) is 39.4 Å². The maximum absolute atomic E-state index is 5.73. The monoisotopic (exact) mass is 424 g/mol. The third-order valence-electron chi connectivity index (χ3n) is 6.34. The minimum absolute atomic E-state index is 0.228. The number of aliphatic imine (C=N–C) groups is 1. The summed E-state index contributed by atoms with van der Waals surface area (Å²) in [6.45, 7) is 5.95. The Morgan fingerprint density at radius 1 is 1.06 bits per heavy atom. The van der Waals surface area contributed by atoms with Crippen molar-refractivity contribution >= 4 is 11.8 Å². The second-order valence-corrected chi connectivity index (χ2v) is 8.50. The van der Waals surface area contributed by atoms with Gasteiger partial charge in [-0.2, -0.15) is 0 Å². The first-order valence-electron chi connectivity index (χ1n) is 11.8. The van der Waals surface area contributed by atoms with E-state index in [9.17, 15) is 0 Å². The second-order valence-electron chi connectivity index (χ2n) is 8.50. The van der Waals surface area contributed by atoms with Crippen LogP contribution < -0.4 is 15.5 Å². The Morgan fingerprint density at radius 2 is 1.84 bits per heavy atom. The van der Waals surface area contributed by atoms with Crippen molar-refractivity contribution in [1.82, 2.24) is 20.5 Å². The normalized spacial score (nSPS) is 19.3. The van der Waals surface area contributed by atoms with E-state index in [2.05, 4.69) is 48.6 Å². The fourth-order valence-electron chi connectivity index (χ4n) is 4.59. The summed E-state index contributed by atoms with van der Waals surface area (Å²) in [5.74, 6) is 2.92. The first-order valence-corrected chi connectivity index (χ1v) is 11.8. The van der Waals surface area contributed by atoms with Gasteiger partial charge in [-0.25, -0.2) is 4.98 Å². The number of hydrogen-bond acceptors (Lipinski definition) is 5. The number of furan rings is 1. The van der Waals surface area contributed by atoms with Gasteiger partial charge in [-0.05, 0) is 68.6 Å². The lowest BCUT2D eigenvalue weighted by molar-refractivity contribution is 0.215. The molecule has 2 N–H and O–H groups in total. The quantitative estimate of drug-likeness (QED) is 0.523. The van der Waals surface area contributed by atoms with Gasteiger partial charge in [-0.1, -0.05) is 12.8 Å². The highest BCUT2D eigenvalue weighted by molar-refractivity contribution is 5.79. The zero-order valence-corrected chi connectivity index (χ0v) is 18.7. The lowest BCUT2D eigenvalue weighted by Crippen LogP contribution is -2.42. The predicted octanol–water partition coefficient (Wildman–Crippen LogP) is 3.56. The Morgan fingerprint density at radius 3 is 2.55 bits per heavy atom. The maximum atomic E-state index is 5.73. The van der Waals surface area contributed by atoms with E-state index in [0.29, 0.717) is 0 Å². The number of nitrogens with one attached hydrogen (secondary N) is 2. The Balaban J connectivity index is 1.32. The van der Waals surface area contributed by atoms with E-state index in [4.69, 9.17) is 4.42 Å². The van der Waals surface area contributed by atoms with Crippen LogP contribution in [-0.2, 0) is 6.54 Å². The van der Waals surface area contributed by atoms with Crippen LogP contribution in [0, 0.1) is 0 Å². The van der Waals surface area contributed by atoms with E-state index < -0.39 is 0 Å². The molecule has 4 rings (SSSR count). The zero-order chi connectivity index (χ0) is 21.3. The van der Waals surface area contributed by atoms with Crippen LogP contribution in [0.2, 0.25) is 0 Å². The average molecular weight is 425 g/mol. The van der Waals surface area contributed by atoms with Gasteiger partial charge in [0.25, 0.3) is 0 Å². The van der Waals surface area contributed by atoms with Crippen molar-refractivity contribution in [1.29, 1.82) is 0 Å². The lowest BCUT2D eigenvalue weighted by atomic mass is 10.2. The molecule has 0 radical (unpaired) electrons. The number of rotatable bonds is 7. The van der Waals surface area contributed by atoms with Crippen molar-refractivity contribution in [3.05, 3.63) is 48.0 Å². The molecule has 1 atom stereocenters. The number of pyridine rings is 1. The standard InChI is InChI=1S/C24H36N6O/c1-25-24(28-19-21(22-9-8-16-31-22)29-12-6-7-13-29)27-18-20-10-11-26-23(17-20)30-14-4-2-3-5-15-30/h8-11,16-17,21H,2-7,12-15,18-19H2,1H3,(H2,25,27,28). The van der Waals surface area contributed by atoms with Crippen LogP contribution in [-0.4, -0.2) is 55.6 Å². The highest BCUT2D eigenvalue weighted by atomic mass is 16.3. The van der Waals surface area contributed by atoms with Crippen LogP contribution in [0.15, 0.2) is 46.1 Å². The molecule has 1 unspecified atom stereocenters. The molecule has 2 aromatic heterocycles. The Bertz CT molecular complexity index is 807. The Hall–Kier alpha value is -2.54. The van der Waals surface area contributed by atoms with Crippen molar-refractivity contribution in [3.63, 3.8) is 0 Å². The number of aromatic nitrogens is 1. The van der Waals surface area contributed by atoms with Crippen molar-refractivity contribution in [3.8, 4) is 0 Å². The van der Waals surface area contributed by atoms with E-state index >= 15 is 0 Å². The zero-order valence-electron chi connectivity index (χ0n) is 18.7. The molecule has 2 aliphatic heterocycles. The topological polar surface area (TPSA) is 68.9 Å². The van der Waals surface area contributed by atoms with Crippen LogP contribution in [0.5, 0.6) is 0 Å². The Labute approximate surface area is 185 Å². The summed E-state index contributed by atoms with van der Waals surface area (Å²) in [6, 6.07) is 8.56. The average Bonchev–Trinajstić information content (AvgIpc) is 3.47. The fraction of sp³-hybridized carbons (Fsp3) is 0.583.